The van der Waals surface area contributed by atoms with Gasteiger partial charge in [-0.15, -0.1) is 0 Å². The Bertz CT molecular complexity index is 240. The molecule has 0 aromatic rings. The van der Waals surface area contributed by atoms with Crippen molar-refractivity contribution in [1.29, 1.82) is 0 Å². The fourth-order valence-corrected chi connectivity index (χ4v) is 1.52. The van der Waals surface area contributed by atoms with Crippen molar-refractivity contribution < 1.29 is 14.6 Å². The molecule has 2 atom stereocenters. The third-order valence-corrected chi connectivity index (χ3v) is 2.35. The van der Waals surface area contributed by atoms with Gasteiger partial charge in [0.25, 0.3) is 0 Å². The number of carbonyl (C=O) groups excluding carboxylic acids is 1. The van der Waals surface area contributed by atoms with Gasteiger partial charge >= 0.3 is 5.97 Å². The zero-order chi connectivity index (χ0) is 10.7. The molecular formula is C10H17NO3. The number of esters is 1. The highest BCUT2D eigenvalue weighted by atomic mass is 16.6. The van der Waals surface area contributed by atoms with Crippen molar-refractivity contribution in [2.75, 3.05) is 6.54 Å². The minimum absolute atomic E-state index is 0.378. The molecule has 4 heteroatoms. The molecule has 0 aromatic carbocycles. The Hall–Kier alpha value is -0.870. The number of nitrogens with zero attached hydrogens (tertiary/aromatic N) is 1. The predicted octanol–water partition coefficient (Wildman–Crippen LogP) is 0.866. The normalized spacial score (nSPS) is 24.6. The monoisotopic (exact) mass is 199 g/mol. The maximum absolute atomic E-state index is 11.2. The predicted molar refractivity (Wildman–Crippen MR) is 52.3 cm³/mol. The van der Waals surface area contributed by atoms with Crippen LogP contribution in [-0.2, 0) is 9.53 Å². The standard InChI is InChI=1S/C10H17NO3/c1-7(2)10(13)14-8(3)11-6-4-5-9(11)12/h8-9,12H,1,4-6H2,2-3H3. The van der Waals surface area contributed by atoms with Crippen molar-refractivity contribution in [3.05, 3.63) is 12.2 Å². The van der Waals surface area contributed by atoms with E-state index in [1.54, 1.807) is 18.7 Å². The van der Waals surface area contributed by atoms with E-state index in [-0.39, 0.29) is 6.23 Å². The van der Waals surface area contributed by atoms with Gasteiger partial charge in [0.05, 0.1) is 0 Å². The third kappa shape index (κ3) is 2.56. The van der Waals surface area contributed by atoms with Gasteiger partial charge in [-0.3, -0.25) is 0 Å². The minimum atomic E-state index is -0.483. The SMILES string of the molecule is C=C(C)C(=O)OC(C)N1CCCC1O. The molecule has 1 heterocycles. The number of hydrogen-bond donors (Lipinski definition) is 1. The summed E-state index contributed by atoms with van der Waals surface area (Å²) in [6.07, 6.45) is 0.824. The van der Waals surface area contributed by atoms with Crippen LogP contribution in [0.3, 0.4) is 0 Å². The van der Waals surface area contributed by atoms with Crippen molar-refractivity contribution in [3.8, 4) is 0 Å². The fourth-order valence-electron chi connectivity index (χ4n) is 1.52. The van der Waals surface area contributed by atoms with E-state index in [4.69, 9.17) is 4.74 Å². The quantitative estimate of drug-likeness (QED) is 0.541. The lowest BCUT2D eigenvalue weighted by Crippen LogP contribution is -2.40. The summed E-state index contributed by atoms with van der Waals surface area (Å²) in [7, 11) is 0. The van der Waals surface area contributed by atoms with Gasteiger partial charge in [-0.2, -0.15) is 0 Å². The highest BCUT2D eigenvalue weighted by molar-refractivity contribution is 5.87. The van der Waals surface area contributed by atoms with Crippen LogP contribution in [0.2, 0.25) is 0 Å². The first kappa shape index (κ1) is 11.2. The number of likely N-dealkylation sites (tertiary alicyclic amines) is 1. The van der Waals surface area contributed by atoms with Crippen molar-refractivity contribution in [3.63, 3.8) is 0 Å². The number of aliphatic hydroxyl groups is 1. The summed E-state index contributed by atoms with van der Waals surface area (Å²) in [6, 6.07) is 0. The van der Waals surface area contributed by atoms with E-state index in [9.17, 15) is 9.90 Å². The lowest BCUT2D eigenvalue weighted by Gasteiger charge is -2.26. The summed E-state index contributed by atoms with van der Waals surface area (Å²) in [5, 5.41) is 9.52. The molecule has 0 bridgehead atoms. The van der Waals surface area contributed by atoms with Gasteiger partial charge < -0.3 is 9.84 Å². The molecule has 0 aliphatic carbocycles. The molecule has 0 amide bonds. The topological polar surface area (TPSA) is 49.8 Å². The van der Waals surface area contributed by atoms with Crippen LogP contribution in [-0.4, -0.2) is 35.0 Å². The summed E-state index contributed by atoms with van der Waals surface area (Å²) in [6.45, 7) is 7.63. The molecular weight excluding hydrogens is 182 g/mol. The molecule has 80 valence electrons. The Morgan fingerprint density at radius 1 is 1.71 bits per heavy atom. The van der Waals surface area contributed by atoms with Crippen LogP contribution in [0.1, 0.15) is 26.7 Å². The summed E-state index contributed by atoms with van der Waals surface area (Å²) < 4.78 is 5.09. The maximum Gasteiger partial charge on any atom is 0.334 e. The molecule has 0 aromatic heterocycles. The Morgan fingerprint density at radius 2 is 2.36 bits per heavy atom. The van der Waals surface area contributed by atoms with E-state index in [0.29, 0.717) is 5.57 Å². The number of carbonyl (C=O) groups is 1. The van der Waals surface area contributed by atoms with Crippen molar-refractivity contribution in [2.24, 2.45) is 0 Å². The molecule has 1 rings (SSSR count). The highest BCUT2D eigenvalue weighted by Gasteiger charge is 2.28. The van der Waals surface area contributed by atoms with Gasteiger partial charge in [0.2, 0.25) is 0 Å². The highest BCUT2D eigenvalue weighted by Crippen LogP contribution is 2.18. The number of hydrogen-bond acceptors (Lipinski definition) is 4. The van der Waals surface area contributed by atoms with E-state index >= 15 is 0 Å². The van der Waals surface area contributed by atoms with Crippen LogP contribution in [0, 0.1) is 0 Å². The summed E-state index contributed by atoms with van der Waals surface area (Å²) >= 11 is 0. The smallest absolute Gasteiger partial charge is 0.334 e. The zero-order valence-corrected chi connectivity index (χ0v) is 8.69. The molecule has 1 N–H and O–H groups in total. The molecule has 4 nitrogen and oxygen atoms in total. The van der Waals surface area contributed by atoms with Crippen molar-refractivity contribution in [1.82, 2.24) is 4.90 Å². The van der Waals surface area contributed by atoms with Crippen LogP contribution >= 0.6 is 0 Å². The Morgan fingerprint density at radius 3 is 2.79 bits per heavy atom. The molecule has 2 unspecified atom stereocenters. The van der Waals surface area contributed by atoms with Gasteiger partial charge in [-0.1, -0.05) is 6.58 Å². The van der Waals surface area contributed by atoms with Gasteiger partial charge in [-0.25, -0.2) is 9.69 Å². The average molecular weight is 199 g/mol. The maximum atomic E-state index is 11.2. The largest absolute Gasteiger partial charge is 0.443 e. The summed E-state index contributed by atoms with van der Waals surface area (Å²) in [5.41, 5.74) is 0.380. The Kier molecular flexibility index (Phi) is 3.66. The van der Waals surface area contributed by atoms with E-state index in [1.165, 1.54) is 0 Å². The van der Waals surface area contributed by atoms with Crippen LogP contribution in [0.4, 0.5) is 0 Å². The second kappa shape index (κ2) is 4.57. The van der Waals surface area contributed by atoms with E-state index in [0.717, 1.165) is 19.4 Å². The van der Waals surface area contributed by atoms with Gasteiger partial charge in [0, 0.05) is 12.1 Å². The van der Waals surface area contributed by atoms with Crippen LogP contribution in [0.25, 0.3) is 0 Å². The van der Waals surface area contributed by atoms with Gasteiger partial charge in [0.1, 0.15) is 6.23 Å². The second-order valence-electron chi connectivity index (χ2n) is 3.65. The fraction of sp³-hybridized carbons (Fsp3) is 0.700. The molecule has 1 saturated heterocycles. The molecule has 1 aliphatic heterocycles. The molecule has 1 aliphatic rings. The lowest BCUT2D eigenvalue weighted by atomic mass is 10.3. The molecule has 0 spiro atoms. The van der Waals surface area contributed by atoms with Crippen LogP contribution < -0.4 is 0 Å². The first-order valence-electron chi connectivity index (χ1n) is 4.82. The average Bonchev–Trinajstić information content (AvgIpc) is 2.51. The van der Waals surface area contributed by atoms with Crippen LogP contribution in [0.15, 0.2) is 12.2 Å². The van der Waals surface area contributed by atoms with E-state index in [1.807, 2.05) is 0 Å². The molecule has 1 fully saturated rings. The lowest BCUT2D eigenvalue weighted by molar-refractivity contribution is -0.159. The van der Waals surface area contributed by atoms with Crippen molar-refractivity contribution >= 4 is 5.97 Å². The van der Waals surface area contributed by atoms with Crippen LogP contribution in [0.5, 0.6) is 0 Å². The number of ether oxygens (including phenoxy) is 1. The minimum Gasteiger partial charge on any atom is -0.443 e. The van der Waals surface area contributed by atoms with E-state index in [2.05, 4.69) is 6.58 Å². The summed E-state index contributed by atoms with van der Waals surface area (Å²) in [5.74, 6) is -0.406. The number of aliphatic hydroxyl groups excluding tert-OH is 1. The van der Waals surface area contributed by atoms with Crippen molar-refractivity contribution in [2.45, 2.75) is 39.1 Å². The third-order valence-electron chi connectivity index (χ3n) is 2.35. The number of rotatable bonds is 3. The Labute approximate surface area is 84.2 Å². The first-order valence-corrected chi connectivity index (χ1v) is 4.82. The second-order valence-corrected chi connectivity index (χ2v) is 3.65. The first-order chi connectivity index (χ1) is 6.52. The Balaban J connectivity index is 2.45. The molecule has 14 heavy (non-hydrogen) atoms. The van der Waals surface area contributed by atoms with Gasteiger partial charge in [0.15, 0.2) is 6.23 Å². The van der Waals surface area contributed by atoms with E-state index < -0.39 is 12.2 Å². The summed E-state index contributed by atoms with van der Waals surface area (Å²) in [4.78, 5) is 13.0. The zero-order valence-electron chi connectivity index (χ0n) is 8.69. The molecule has 0 radical (unpaired) electrons. The van der Waals surface area contributed by atoms with Gasteiger partial charge in [-0.05, 0) is 26.7 Å². The molecule has 0 saturated carbocycles.